The lowest BCUT2D eigenvalue weighted by atomic mass is 10.1. The Bertz CT molecular complexity index is 351. The molecule has 0 unspecified atom stereocenters. The number of carbonyl (C=O) groups excluding carboxylic acids is 2. The molecule has 0 aromatic carbocycles. The van der Waals surface area contributed by atoms with E-state index in [9.17, 15) is 14.7 Å². The molecule has 0 saturated carbocycles. The van der Waals surface area contributed by atoms with Crippen molar-refractivity contribution in [2.45, 2.75) is 32.7 Å². The van der Waals surface area contributed by atoms with Gasteiger partial charge in [-0.15, -0.1) is 0 Å². The predicted octanol–water partition coefficient (Wildman–Crippen LogP) is -0.425. The molecule has 82 valence electrons. The summed E-state index contributed by atoms with van der Waals surface area (Å²) in [4.78, 5) is 24.3. The maximum Gasteiger partial charge on any atom is 0.253 e. The number of rotatable bonds is 1. The molecule has 0 aromatic heterocycles. The van der Waals surface area contributed by atoms with Gasteiger partial charge in [-0.25, -0.2) is 0 Å². The van der Waals surface area contributed by atoms with Crippen LogP contribution in [0.2, 0.25) is 0 Å². The molecule has 0 bridgehead atoms. The molecule has 15 heavy (non-hydrogen) atoms. The zero-order chi connectivity index (χ0) is 11.2. The fraction of sp³-hybridized carbons (Fsp3) is 0.600. The minimum atomic E-state index is -0.909. The summed E-state index contributed by atoms with van der Waals surface area (Å²) in [5.41, 5.74) is 0.524. The highest BCUT2D eigenvalue weighted by atomic mass is 16.3. The number of nitrogens with one attached hydrogen (secondary N) is 1. The Balaban J connectivity index is 2.14. The molecular weight excluding hydrogens is 196 g/mol. The van der Waals surface area contributed by atoms with Crippen LogP contribution in [0.15, 0.2) is 11.6 Å². The second-order valence-corrected chi connectivity index (χ2v) is 4.14. The summed E-state index contributed by atoms with van der Waals surface area (Å²) in [6.07, 6.45) is 0.775. The number of aliphatic hydroxyl groups is 1. The molecule has 5 nitrogen and oxygen atoms in total. The van der Waals surface area contributed by atoms with Crippen LogP contribution in [-0.2, 0) is 9.59 Å². The molecule has 5 heteroatoms. The Hall–Kier alpha value is -1.36. The number of hydrogen-bond acceptors (Lipinski definition) is 3. The summed E-state index contributed by atoms with van der Waals surface area (Å²) in [6, 6.07) is 0. The molecule has 0 aromatic rings. The quantitative estimate of drug-likeness (QED) is 0.617. The summed E-state index contributed by atoms with van der Waals surface area (Å²) in [6.45, 7) is 3.47. The van der Waals surface area contributed by atoms with Gasteiger partial charge in [-0.2, -0.15) is 0 Å². The summed E-state index contributed by atoms with van der Waals surface area (Å²) < 4.78 is 0. The molecule has 2 aliphatic heterocycles. The van der Waals surface area contributed by atoms with Crippen LogP contribution in [0.1, 0.15) is 20.3 Å². The van der Waals surface area contributed by atoms with Crippen LogP contribution in [-0.4, -0.2) is 34.2 Å². The maximum absolute atomic E-state index is 11.7. The fourth-order valence-electron chi connectivity index (χ4n) is 2.02. The molecule has 3 atom stereocenters. The highest BCUT2D eigenvalue weighted by molar-refractivity contribution is 5.96. The second-order valence-electron chi connectivity index (χ2n) is 4.14. The van der Waals surface area contributed by atoms with Gasteiger partial charge in [0, 0.05) is 11.5 Å². The van der Waals surface area contributed by atoms with E-state index in [0.29, 0.717) is 12.0 Å². The number of hydrogen-bond donors (Lipinski definition) is 2. The van der Waals surface area contributed by atoms with E-state index in [0.717, 1.165) is 0 Å². The van der Waals surface area contributed by atoms with Crippen LogP contribution in [0.3, 0.4) is 0 Å². The van der Waals surface area contributed by atoms with E-state index in [1.807, 2.05) is 6.92 Å². The normalized spacial score (nSPS) is 35.8. The first kappa shape index (κ1) is 10.2. The van der Waals surface area contributed by atoms with E-state index in [1.54, 1.807) is 6.92 Å². The number of nitrogens with zero attached hydrogens (tertiary/aromatic N) is 1. The fourth-order valence-corrected chi connectivity index (χ4v) is 2.02. The molecular formula is C10H14N2O3. The van der Waals surface area contributed by atoms with E-state index < -0.39 is 6.23 Å². The first-order valence-electron chi connectivity index (χ1n) is 5.00. The third-order valence-corrected chi connectivity index (χ3v) is 2.92. The topological polar surface area (TPSA) is 69.6 Å². The van der Waals surface area contributed by atoms with Gasteiger partial charge in [0.15, 0.2) is 6.23 Å². The van der Waals surface area contributed by atoms with E-state index in [-0.39, 0.29) is 23.9 Å². The van der Waals surface area contributed by atoms with Crippen molar-refractivity contribution in [1.29, 1.82) is 0 Å². The van der Waals surface area contributed by atoms with E-state index in [4.69, 9.17) is 0 Å². The Kier molecular flexibility index (Phi) is 2.26. The monoisotopic (exact) mass is 210 g/mol. The van der Waals surface area contributed by atoms with Crippen molar-refractivity contribution in [3.8, 4) is 0 Å². The van der Waals surface area contributed by atoms with Gasteiger partial charge in [0.25, 0.3) is 5.91 Å². The Morgan fingerprint density at radius 2 is 2.20 bits per heavy atom. The molecule has 0 aliphatic carbocycles. The zero-order valence-electron chi connectivity index (χ0n) is 8.73. The van der Waals surface area contributed by atoms with Crippen molar-refractivity contribution in [3.05, 3.63) is 11.6 Å². The minimum Gasteiger partial charge on any atom is -0.370 e. The summed E-state index contributed by atoms with van der Waals surface area (Å²) in [5, 5.41) is 12.3. The molecule has 1 saturated heterocycles. The van der Waals surface area contributed by atoms with Crippen LogP contribution in [0.5, 0.6) is 0 Å². The summed E-state index contributed by atoms with van der Waals surface area (Å²) in [5.74, 6) is -0.373. The Morgan fingerprint density at radius 1 is 1.53 bits per heavy atom. The van der Waals surface area contributed by atoms with E-state index in [2.05, 4.69) is 5.32 Å². The molecule has 0 radical (unpaired) electrons. The van der Waals surface area contributed by atoms with E-state index in [1.165, 1.54) is 11.0 Å². The third kappa shape index (κ3) is 1.52. The van der Waals surface area contributed by atoms with Crippen molar-refractivity contribution < 1.29 is 14.7 Å². The van der Waals surface area contributed by atoms with Gasteiger partial charge in [0.05, 0.1) is 0 Å². The van der Waals surface area contributed by atoms with Crippen molar-refractivity contribution >= 4 is 11.8 Å². The summed E-state index contributed by atoms with van der Waals surface area (Å²) >= 11 is 0. The zero-order valence-corrected chi connectivity index (χ0v) is 8.73. The first-order chi connectivity index (χ1) is 7.00. The number of amides is 2. The highest BCUT2D eigenvalue weighted by Gasteiger charge is 2.40. The predicted molar refractivity (Wildman–Crippen MR) is 52.3 cm³/mol. The van der Waals surface area contributed by atoms with Crippen LogP contribution < -0.4 is 5.32 Å². The van der Waals surface area contributed by atoms with Gasteiger partial charge < -0.3 is 10.4 Å². The molecule has 2 heterocycles. The minimum absolute atomic E-state index is 0.0652. The molecule has 2 aliphatic rings. The smallest absolute Gasteiger partial charge is 0.253 e. The van der Waals surface area contributed by atoms with Gasteiger partial charge >= 0.3 is 0 Å². The summed E-state index contributed by atoms with van der Waals surface area (Å²) in [7, 11) is 0. The largest absolute Gasteiger partial charge is 0.370 e. The first-order valence-corrected chi connectivity index (χ1v) is 5.00. The second kappa shape index (κ2) is 3.34. The molecule has 1 fully saturated rings. The van der Waals surface area contributed by atoms with Crippen LogP contribution in [0.4, 0.5) is 0 Å². The van der Waals surface area contributed by atoms with Crippen molar-refractivity contribution in [2.75, 3.05) is 0 Å². The van der Waals surface area contributed by atoms with Gasteiger partial charge in [-0.1, -0.05) is 6.92 Å². The molecule has 2 amide bonds. The van der Waals surface area contributed by atoms with Gasteiger partial charge in [0.1, 0.15) is 6.17 Å². The molecule has 2 N–H and O–H groups in total. The SMILES string of the molecule is CC1=C[C@@H](O)N([C@@H]2C[C@@H](C)C(=O)N2)C1=O. The lowest BCUT2D eigenvalue weighted by molar-refractivity contribution is -0.136. The third-order valence-electron chi connectivity index (χ3n) is 2.92. The van der Waals surface area contributed by atoms with Gasteiger partial charge in [-0.05, 0) is 19.4 Å². The number of carbonyl (C=O) groups is 2. The molecule has 2 rings (SSSR count). The van der Waals surface area contributed by atoms with Gasteiger partial charge in [-0.3, -0.25) is 14.5 Å². The van der Waals surface area contributed by atoms with Crippen molar-refractivity contribution in [2.24, 2.45) is 5.92 Å². The Morgan fingerprint density at radius 3 is 2.60 bits per heavy atom. The Labute approximate surface area is 87.7 Å². The lowest BCUT2D eigenvalue weighted by Gasteiger charge is -2.27. The maximum atomic E-state index is 11.7. The average Bonchev–Trinajstić information content (AvgIpc) is 2.57. The average molecular weight is 210 g/mol. The van der Waals surface area contributed by atoms with Crippen LogP contribution >= 0.6 is 0 Å². The van der Waals surface area contributed by atoms with Gasteiger partial charge in [0.2, 0.25) is 5.91 Å². The van der Waals surface area contributed by atoms with E-state index >= 15 is 0 Å². The standard InChI is InChI=1S/C10H14N2O3/c1-5-3-7(11-9(5)14)12-8(13)4-6(2)10(12)15/h4-5,7-8,13H,3H2,1-2H3,(H,11,14)/t5-,7-,8-/m1/s1. The lowest BCUT2D eigenvalue weighted by Crippen LogP contribution is -2.48. The van der Waals surface area contributed by atoms with Crippen molar-refractivity contribution in [1.82, 2.24) is 10.2 Å². The molecule has 0 spiro atoms. The number of aliphatic hydroxyl groups excluding tert-OH is 1. The highest BCUT2D eigenvalue weighted by Crippen LogP contribution is 2.25. The van der Waals surface area contributed by atoms with Crippen molar-refractivity contribution in [3.63, 3.8) is 0 Å². The van der Waals surface area contributed by atoms with Crippen LogP contribution in [0, 0.1) is 5.92 Å². The van der Waals surface area contributed by atoms with Crippen LogP contribution in [0.25, 0.3) is 0 Å².